The first-order valence-electron chi connectivity index (χ1n) is 10.9. The molecule has 5 heterocycles. The van der Waals surface area contributed by atoms with Gasteiger partial charge in [-0.25, -0.2) is 4.98 Å². The van der Waals surface area contributed by atoms with Crippen molar-refractivity contribution >= 4 is 27.7 Å². The number of piperidine rings is 1. The number of oxazole rings is 1. The highest BCUT2D eigenvalue weighted by atomic mass is 16.3. The van der Waals surface area contributed by atoms with Gasteiger partial charge in [0.1, 0.15) is 5.52 Å². The number of benzene rings is 1. The van der Waals surface area contributed by atoms with Gasteiger partial charge < -0.3 is 20.0 Å². The molecular weight excluding hydrogens is 400 g/mol. The van der Waals surface area contributed by atoms with Gasteiger partial charge in [-0.15, -0.1) is 0 Å². The van der Waals surface area contributed by atoms with Gasteiger partial charge in [-0.2, -0.15) is 0 Å². The summed E-state index contributed by atoms with van der Waals surface area (Å²) in [6, 6.07) is 11.8. The number of hydrogen-bond donors (Lipinski definition) is 3. The van der Waals surface area contributed by atoms with Gasteiger partial charge in [0.05, 0.1) is 11.3 Å². The Morgan fingerprint density at radius 1 is 1.00 bits per heavy atom. The third-order valence-corrected chi connectivity index (χ3v) is 5.87. The molecule has 0 radical (unpaired) electrons. The summed E-state index contributed by atoms with van der Waals surface area (Å²) in [6.45, 7) is 2.15. The number of nitrogens with zero attached hydrogens (tertiary/aromatic N) is 3. The zero-order valence-electron chi connectivity index (χ0n) is 18.0. The third kappa shape index (κ3) is 4.07. The minimum absolute atomic E-state index is 0.573. The van der Waals surface area contributed by atoms with E-state index in [2.05, 4.69) is 37.8 Å². The highest BCUT2D eigenvalue weighted by Gasteiger charge is 2.21. The van der Waals surface area contributed by atoms with Crippen LogP contribution in [-0.2, 0) is 0 Å². The van der Waals surface area contributed by atoms with E-state index in [1.54, 1.807) is 24.8 Å². The van der Waals surface area contributed by atoms with Crippen LogP contribution in [0.3, 0.4) is 0 Å². The number of rotatable bonds is 3. The second-order valence-corrected chi connectivity index (χ2v) is 7.86. The Morgan fingerprint density at radius 2 is 1.81 bits per heavy atom. The van der Waals surface area contributed by atoms with Crippen molar-refractivity contribution < 1.29 is 4.42 Å². The highest BCUT2D eigenvalue weighted by Crippen LogP contribution is 2.36. The fourth-order valence-electron chi connectivity index (χ4n) is 4.21. The lowest BCUT2D eigenvalue weighted by molar-refractivity contribution is 0.462. The molecule has 0 unspecified atom stereocenters. The lowest BCUT2D eigenvalue weighted by atomic mass is 9.90. The standard InChI is InChI=1S/C19H18N4O.C6H8N2/c1-2-13(10-21-7-1)19-23-18-16(24-19)4-3-15-17(18)14(11-22-15)12-5-8-20-9-6-12;1-7-6-3-2-4-8-5-6/h1-4,7,10-12,20,22H,5-6,8-9H2;2-5,7H,1H3. The Hall–Kier alpha value is -3.71. The van der Waals surface area contributed by atoms with Crippen molar-refractivity contribution in [3.05, 3.63) is 72.9 Å². The molecule has 3 N–H and O–H groups in total. The van der Waals surface area contributed by atoms with Crippen molar-refractivity contribution in [1.29, 1.82) is 0 Å². The summed E-state index contributed by atoms with van der Waals surface area (Å²) in [6.07, 6.45) is 11.5. The molecule has 162 valence electrons. The van der Waals surface area contributed by atoms with Crippen molar-refractivity contribution in [1.82, 2.24) is 25.3 Å². The average Bonchev–Trinajstić information content (AvgIpc) is 3.50. The maximum atomic E-state index is 6.00. The summed E-state index contributed by atoms with van der Waals surface area (Å²) in [5, 5.41) is 7.61. The van der Waals surface area contributed by atoms with Crippen LogP contribution in [0.2, 0.25) is 0 Å². The molecule has 1 fully saturated rings. The monoisotopic (exact) mass is 426 g/mol. The fourth-order valence-corrected chi connectivity index (χ4v) is 4.21. The quantitative estimate of drug-likeness (QED) is 0.378. The molecule has 32 heavy (non-hydrogen) atoms. The number of aromatic nitrogens is 4. The predicted octanol–water partition coefficient (Wildman–Crippen LogP) is 4.96. The van der Waals surface area contributed by atoms with Crippen LogP contribution >= 0.6 is 0 Å². The molecule has 0 spiro atoms. The van der Waals surface area contributed by atoms with Crippen molar-refractivity contribution in [3.8, 4) is 11.5 Å². The van der Waals surface area contributed by atoms with Gasteiger partial charge in [-0.3, -0.25) is 9.97 Å². The molecular formula is C25H26N6O. The summed E-state index contributed by atoms with van der Waals surface area (Å²) in [5.74, 6) is 1.20. The van der Waals surface area contributed by atoms with Crippen molar-refractivity contribution in [2.75, 3.05) is 25.5 Å². The van der Waals surface area contributed by atoms with E-state index in [9.17, 15) is 0 Å². The fraction of sp³-hybridized carbons (Fsp3) is 0.240. The van der Waals surface area contributed by atoms with Crippen molar-refractivity contribution in [2.45, 2.75) is 18.8 Å². The van der Waals surface area contributed by atoms with Gasteiger partial charge >= 0.3 is 0 Å². The molecule has 6 rings (SSSR count). The minimum Gasteiger partial charge on any atom is -0.436 e. The molecule has 1 aliphatic rings. The van der Waals surface area contributed by atoms with Crippen LogP contribution in [0.25, 0.3) is 33.5 Å². The maximum Gasteiger partial charge on any atom is 0.228 e. The lowest BCUT2D eigenvalue weighted by Crippen LogP contribution is -2.26. The molecule has 0 amide bonds. The maximum absolute atomic E-state index is 6.00. The molecule has 0 saturated carbocycles. The third-order valence-electron chi connectivity index (χ3n) is 5.87. The number of anilines is 1. The average molecular weight is 427 g/mol. The number of pyridine rings is 2. The molecule has 1 aromatic carbocycles. The van der Waals surface area contributed by atoms with Crippen LogP contribution < -0.4 is 10.6 Å². The van der Waals surface area contributed by atoms with Gasteiger partial charge in [-0.1, -0.05) is 0 Å². The van der Waals surface area contributed by atoms with Crippen molar-refractivity contribution in [3.63, 3.8) is 0 Å². The Kier molecular flexibility index (Phi) is 5.81. The van der Waals surface area contributed by atoms with Gasteiger partial charge in [0, 0.05) is 48.9 Å². The van der Waals surface area contributed by atoms with Crippen molar-refractivity contribution in [2.24, 2.45) is 0 Å². The lowest BCUT2D eigenvalue weighted by Gasteiger charge is -2.22. The molecule has 1 saturated heterocycles. The molecule has 7 heteroatoms. The number of fused-ring (bicyclic) bond motifs is 3. The SMILES string of the molecule is CNc1cccnc1.c1cncc(-c2nc3c(ccc4[nH]cc(C5CCNCC5)c43)o2)c1. The zero-order chi connectivity index (χ0) is 21.8. The predicted molar refractivity (Wildman–Crippen MR) is 128 cm³/mol. The summed E-state index contributed by atoms with van der Waals surface area (Å²) in [5.41, 5.74) is 6.22. The van der Waals surface area contributed by atoms with Crippen LogP contribution in [0.15, 0.2) is 71.8 Å². The Bertz CT molecular complexity index is 1290. The van der Waals surface area contributed by atoms with E-state index in [0.717, 1.165) is 53.8 Å². The van der Waals surface area contributed by atoms with E-state index >= 15 is 0 Å². The first-order valence-corrected chi connectivity index (χ1v) is 10.9. The Morgan fingerprint density at radius 3 is 2.50 bits per heavy atom. The molecule has 0 aliphatic carbocycles. The smallest absolute Gasteiger partial charge is 0.228 e. The molecule has 0 bridgehead atoms. The summed E-state index contributed by atoms with van der Waals surface area (Å²) < 4.78 is 6.00. The summed E-state index contributed by atoms with van der Waals surface area (Å²) in [7, 11) is 1.87. The first kappa shape index (κ1) is 20.2. The number of nitrogens with one attached hydrogen (secondary N) is 3. The molecule has 4 aromatic heterocycles. The Labute approximate surface area is 186 Å². The van der Waals surface area contributed by atoms with E-state index in [1.165, 1.54) is 10.9 Å². The van der Waals surface area contributed by atoms with E-state index in [0.29, 0.717) is 11.8 Å². The van der Waals surface area contributed by atoms with Crippen LogP contribution in [0.4, 0.5) is 5.69 Å². The number of aromatic amines is 1. The number of H-pyrrole nitrogens is 1. The molecule has 1 aliphatic heterocycles. The van der Waals surface area contributed by atoms with Crippen LogP contribution in [0, 0.1) is 0 Å². The van der Waals surface area contributed by atoms with Crippen LogP contribution in [0.1, 0.15) is 24.3 Å². The second-order valence-electron chi connectivity index (χ2n) is 7.86. The molecule has 5 aromatic rings. The normalized spacial score (nSPS) is 14.3. The van der Waals surface area contributed by atoms with E-state index in [4.69, 9.17) is 9.40 Å². The zero-order valence-corrected chi connectivity index (χ0v) is 18.0. The van der Waals surface area contributed by atoms with Crippen LogP contribution in [-0.4, -0.2) is 40.1 Å². The highest BCUT2D eigenvalue weighted by molar-refractivity contribution is 6.05. The minimum atomic E-state index is 0.573. The van der Waals surface area contributed by atoms with Gasteiger partial charge in [-0.05, 0) is 73.8 Å². The summed E-state index contributed by atoms with van der Waals surface area (Å²) >= 11 is 0. The second kappa shape index (κ2) is 9.20. The summed E-state index contributed by atoms with van der Waals surface area (Å²) in [4.78, 5) is 16.3. The van der Waals surface area contributed by atoms with E-state index in [-0.39, 0.29) is 0 Å². The topological polar surface area (TPSA) is 91.7 Å². The van der Waals surface area contributed by atoms with Gasteiger partial charge in [0.15, 0.2) is 5.58 Å². The van der Waals surface area contributed by atoms with Gasteiger partial charge in [0.2, 0.25) is 5.89 Å². The van der Waals surface area contributed by atoms with Gasteiger partial charge in [0.25, 0.3) is 0 Å². The Balaban J connectivity index is 0.000000230. The van der Waals surface area contributed by atoms with Crippen LogP contribution in [0.5, 0.6) is 0 Å². The molecule has 7 nitrogen and oxygen atoms in total. The number of hydrogen-bond acceptors (Lipinski definition) is 6. The largest absolute Gasteiger partial charge is 0.436 e. The first-order chi connectivity index (χ1) is 15.8. The molecule has 0 atom stereocenters. The van der Waals surface area contributed by atoms with E-state index in [1.807, 2.05) is 37.4 Å². The van der Waals surface area contributed by atoms with E-state index < -0.39 is 0 Å².